The highest BCUT2D eigenvalue weighted by Crippen LogP contribution is 2.23. The smallest absolute Gasteiger partial charge is 0.289 e. The van der Waals surface area contributed by atoms with Crippen molar-refractivity contribution in [1.82, 2.24) is 14.8 Å². The third kappa shape index (κ3) is 3.16. The Morgan fingerprint density at radius 3 is 2.31 bits per heavy atom. The maximum atomic E-state index is 12.8. The molecule has 7 nitrogen and oxygen atoms in total. The van der Waals surface area contributed by atoms with Crippen molar-refractivity contribution < 1.29 is 14.0 Å². The zero-order valence-corrected chi connectivity index (χ0v) is 14.6. The first kappa shape index (κ1) is 16.6. The molecule has 0 spiro atoms. The lowest BCUT2D eigenvalue weighted by atomic mass is 10.2. The van der Waals surface area contributed by atoms with E-state index >= 15 is 0 Å². The second-order valence-electron chi connectivity index (χ2n) is 6.63. The first-order valence-electron chi connectivity index (χ1n) is 9.06. The average molecular weight is 354 g/mol. The van der Waals surface area contributed by atoms with Crippen LogP contribution in [0.1, 0.15) is 33.8 Å². The van der Waals surface area contributed by atoms with Gasteiger partial charge in [-0.1, -0.05) is 0 Å². The number of carbonyl (C=O) groups is 2. The lowest BCUT2D eigenvalue weighted by molar-refractivity contribution is 0.0712. The van der Waals surface area contributed by atoms with Crippen molar-refractivity contribution in [1.29, 1.82) is 0 Å². The minimum atomic E-state index is -0.0935. The number of nitrogens with zero attached hydrogens (tertiary/aromatic N) is 4. The van der Waals surface area contributed by atoms with E-state index in [2.05, 4.69) is 9.88 Å². The topological polar surface area (TPSA) is 69.9 Å². The fourth-order valence-corrected chi connectivity index (χ4v) is 3.58. The van der Waals surface area contributed by atoms with E-state index in [9.17, 15) is 9.59 Å². The molecule has 0 radical (unpaired) electrons. The number of likely N-dealkylation sites (tertiary alicyclic amines) is 1. The van der Waals surface area contributed by atoms with E-state index in [1.54, 1.807) is 23.2 Å². The van der Waals surface area contributed by atoms with Crippen molar-refractivity contribution in [3.63, 3.8) is 0 Å². The fourth-order valence-electron chi connectivity index (χ4n) is 3.58. The maximum absolute atomic E-state index is 12.8. The molecule has 2 aliphatic heterocycles. The number of aromatic nitrogens is 1. The number of rotatable bonds is 3. The SMILES string of the molecule is O=C(c1ccco1)N1CCN(c2ncccc2C(=O)N2CCCC2)CC1. The summed E-state index contributed by atoms with van der Waals surface area (Å²) in [5, 5.41) is 0. The van der Waals surface area contributed by atoms with Crippen molar-refractivity contribution in [3.05, 3.63) is 48.0 Å². The largest absolute Gasteiger partial charge is 0.459 e. The van der Waals surface area contributed by atoms with E-state index in [-0.39, 0.29) is 11.8 Å². The summed E-state index contributed by atoms with van der Waals surface area (Å²) in [6.07, 6.45) is 5.36. The van der Waals surface area contributed by atoms with Crippen molar-refractivity contribution in [2.24, 2.45) is 0 Å². The summed E-state index contributed by atoms with van der Waals surface area (Å²) in [4.78, 5) is 35.5. The van der Waals surface area contributed by atoms with Crippen LogP contribution in [0.15, 0.2) is 41.1 Å². The van der Waals surface area contributed by atoms with Gasteiger partial charge in [-0.2, -0.15) is 0 Å². The molecular formula is C19H22N4O3. The third-order valence-electron chi connectivity index (χ3n) is 5.01. The molecule has 0 N–H and O–H groups in total. The van der Waals surface area contributed by atoms with Gasteiger partial charge >= 0.3 is 0 Å². The highest BCUT2D eigenvalue weighted by atomic mass is 16.3. The monoisotopic (exact) mass is 354 g/mol. The molecule has 4 heterocycles. The maximum Gasteiger partial charge on any atom is 0.289 e. The zero-order chi connectivity index (χ0) is 17.9. The molecule has 0 atom stereocenters. The number of amides is 2. The molecule has 0 aromatic carbocycles. The predicted octanol–water partition coefficient (Wildman–Crippen LogP) is 1.87. The Balaban J connectivity index is 1.46. The highest BCUT2D eigenvalue weighted by Gasteiger charge is 2.28. The summed E-state index contributed by atoms with van der Waals surface area (Å²) in [6.45, 7) is 4.07. The third-order valence-corrected chi connectivity index (χ3v) is 5.01. The van der Waals surface area contributed by atoms with Gasteiger partial charge in [0.1, 0.15) is 5.82 Å². The second-order valence-corrected chi connectivity index (χ2v) is 6.63. The van der Waals surface area contributed by atoms with Gasteiger partial charge in [-0.15, -0.1) is 0 Å². The minimum absolute atomic E-state index is 0.0553. The van der Waals surface area contributed by atoms with Gasteiger partial charge in [-0.25, -0.2) is 4.98 Å². The Hall–Kier alpha value is -2.83. The van der Waals surface area contributed by atoms with E-state index in [1.165, 1.54) is 6.26 Å². The summed E-state index contributed by atoms with van der Waals surface area (Å²) >= 11 is 0. The molecule has 2 fully saturated rings. The molecule has 2 aromatic heterocycles. The van der Waals surface area contributed by atoms with Crippen molar-refractivity contribution in [2.75, 3.05) is 44.2 Å². The van der Waals surface area contributed by atoms with Crippen LogP contribution in [-0.4, -0.2) is 65.9 Å². The summed E-state index contributed by atoms with van der Waals surface area (Å²) in [7, 11) is 0. The average Bonchev–Trinajstić information content (AvgIpc) is 3.41. The van der Waals surface area contributed by atoms with Crippen LogP contribution in [-0.2, 0) is 0 Å². The van der Waals surface area contributed by atoms with E-state index in [0.29, 0.717) is 37.5 Å². The van der Waals surface area contributed by atoms with E-state index in [0.717, 1.165) is 31.7 Å². The molecule has 0 aliphatic carbocycles. The Morgan fingerprint density at radius 2 is 1.62 bits per heavy atom. The van der Waals surface area contributed by atoms with E-state index in [4.69, 9.17) is 4.42 Å². The summed E-state index contributed by atoms with van der Waals surface area (Å²) in [6, 6.07) is 7.06. The minimum Gasteiger partial charge on any atom is -0.459 e. The van der Waals surface area contributed by atoms with Crippen LogP contribution < -0.4 is 4.90 Å². The van der Waals surface area contributed by atoms with Crippen LogP contribution >= 0.6 is 0 Å². The first-order valence-corrected chi connectivity index (χ1v) is 9.06. The highest BCUT2D eigenvalue weighted by molar-refractivity contribution is 5.99. The quantitative estimate of drug-likeness (QED) is 0.842. The summed E-state index contributed by atoms with van der Waals surface area (Å²) in [5.41, 5.74) is 0.653. The number of hydrogen-bond acceptors (Lipinski definition) is 5. The molecule has 2 aromatic rings. The van der Waals surface area contributed by atoms with Crippen molar-refractivity contribution >= 4 is 17.6 Å². The molecule has 2 aliphatic rings. The standard InChI is InChI=1S/C19H22N4O3/c24-18(22-8-1-2-9-22)15-5-3-7-20-17(15)21-10-12-23(13-11-21)19(25)16-6-4-14-26-16/h3-7,14H,1-2,8-13H2. The second kappa shape index (κ2) is 7.19. The Morgan fingerprint density at radius 1 is 0.885 bits per heavy atom. The van der Waals surface area contributed by atoms with Crippen LogP contribution in [0.5, 0.6) is 0 Å². The van der Waals surface area contributed by atoms with Gasteiger partial charge in [0.25, 0.3) is 11.8 Å². The number of carbonyl (C=O) groups excluding carboxylic acids is 2. The lowest BCUT2D eigenvalue weighted by Gasteiger charge is -2.35. The van der Waals surface area contributed by atoms with Gasteiger partial charge in [0.2, 0.25) is 0 Å². The van der Waals surface area contributed by atoms with Gasteiger partial charge in [0.05, 0.1) is 11.8 Å². The van der Waals surface area contributed by atoms with Gasteiger partial charge in [-0.3, -0.25) is 9.59 Å². The number of piperazine rings is 1. The van der Waals surface area contributed by atoms with Crippen LogP contribution in [0.25, 0.3) is 0 Å². The zero-order valence-electron chi connectivity index (χ0n) is 14.6. The molecular weight excluding hydrogens is 332 g/mol. The molecule has 7 heteroatoms. The molecule has 4 rings (SSSR count). The molecule has 26 heavy (non-hydrogen) atoms. The summed E-state index contributed by atoms with van der Waals surface area (Å²) < 4.78 is 5.20. The van der Waals surface area contributed by atoms with Gasteiger partial charge in [0, 0.05) is 45.5 Å². The Labute approximate surface area is 152 Å². The molecule has 0 saturated carbocycles. The number of anilines is 1. The molecule has 0 unspecified atom stereocenters. The van der Waals surface area contributed by atoms with E-state index < -0.39 is 0 Å². The van der Waals surface area contributed by atoms with Gasteiger partial charge < -0.3 is 19.1 Å². The molecule has 2 amide bonds. The lowest BCUT2D eigenvalue weighted by Crippen LogP contribution is -2.49. The normalized spacial score (nSPS) is 17.6. The van der Waals surface area contributed by atoms with E-state index in [1.807, 2.05) is 17.0 Å². The van der Waals surface area contributed by atoms with Crippen LogP contribution in [0, 0.1) is 0 Å². The Kier molecular flexibility index (Phi) is 4.60. The van der Waals surface area contributed by atoms with Gasteiger partial charge in [0.15, 0.2) is 5.76 Å². The van der Waals surface area contributed by atoms with Crippen molar-refractivity contribution in [3.8, 4) is 0 Å². The van der Waals surface area contributed by atoms with Crippen LogP contribution in [0.3, 0.4) is 0 Å². The van der Waals surface area contributed by atoms with Gasteiger partial charge in [-0.05, 0) is 37.1 Å². The number of furan rings is 1. The number of pyridine rings is 1. The van der Waals surface area contributed by atoms with Crippen molar-refractivity contribution in [2.45, 2.75) is 12.8 Å². The fraction of sp³-hybridized carbons (Fsp3) is 0.421. The predicted molar refractivity (Wildman–Crippen MR) is 96.2 cm³/mol. The molecule has 136 valence electrons. The summed E-state index contributed by atoms with van der Waals surface area (Å²) in [5.74, 6) is 1.04. The Bertz CT molecular complexity index is 776. The number of hydrogen-bond donors (Lipinski definition) is 0. The van der Waals surface area contributed by atoms with Crippen LogP contribution in [0.2, 0.25) is 0 Å². The van der Waals surface area contributed by atoms with Crippen LogP contribution in [0.4, 0.5) is 5.82 Å². The first-order chi connectivity index (χ1) is 12.7. The molecule has 2 saturated heterocycles. The molecule has 0 bridgehead atoms.